The Morgan fingerprint density at radius 1 is 1.19 bits per heavy atom. The zero-order valence-corrected chi connectivity index (χ0v) is 19.3. The van der Waals surface area contributed by atoms with Crippen LogP contribution in [0.1, 0.15) is 36.5 Å². The van der Waals surface area contributed by atoms with Crippen molar-refractivity contribution in [2.24, 2.45) is 14.1 Å². The fraction of sp³-hybridized carbons (Fsp3) is 0.375. The van der Waals surface area contributed by atoms with Crippen molar-refractivity contribution in [3.63, 3.8) is 0 Å². The molecule has 8 heteroatoms. The van der Waals surface area contributed by atoms with Crippen LogP contribution in [-0.4, -0.2) is 53.9 Å². The summed E-state index contributed by atoms with van der Waals surface area (Å²) in [7, 11) is 3.92. The van der Waals surface area contributed by atoms with E-state index in [1.165, 1.54) is 0 Å². The van der Waals surface area contributed by atoms with E-state index in [-0.39, 0.29) is 6.10 Å². The van der Waals surface area contributed by atoms with Gasteiger partial charge in [-0.15, -0.1) is 0 Å². The average Bonchev–Trinajstić information content (AvgIpc) is 3.42. The van der Waals surface area contributed by atoms with Crippen LogP contribution in [0.25, 0.3) is 34.2 Å². The average molecular weight is 432 g/mol. The van der Waals surface area contributed by atoms with Crippen LogP contribution in [0.15, 0.2) is 24.4 Å². The van der Waals surface area contributed by atoms with E-state index in [2.05, 4.69) is 65.3 Å². The summed E-state index contributed by atoms with van der Waals surface area (Å²) in [5, 5.41) is 18.0. The van der Waals surface area contributed by atoms with Crippen LogP contribution in [0.4, 0.5) is 0 Å². The lowest BCUT2D eigenvalue weighted by molar-refractivity contribution is 0.135. The number of nitrogens with one attached hydrogen (secondary N) is 1. The van der Waals surface area contributed by atoms with Gasteiger partial charge in [0.25, 0.3) is 0 Å². The highest BCUT2D eigenvalue weighted by atomic mass is 16.5. The quantitative estimate of drug-likeness (QED) is 0.496. The number of hydrogen-bond donors (Lipinski definition) is 1. The molecule has 0 aliphatic carbocycles. The third kappa shape index (κ3) is 3.50. The first-order valence-corrected chi connectivity index (χ1v) is 11.0. The fourth-order valence-corrected chi connectivity index (χ4v) is 4.39. The van der Waals surface area contributed by atoms with Crippen LogP contribution in [0.5, 0.6) is 5.88 Å². The second-order valence-corrected chi connectivity index (χ2v) is 8.52. The predicted octanol–water partition coefficient (Wildman–Crippen LogP) is 3.78. The van der Waals surface area contributed by atoms with Crippen LogP contribution < -0.4 is 4.74 Å². The van der Waals surface area contributed by atoms with E-state index in [0.717, 1.165) is 70.2 Å². The van der Waals surface area contributed by atoms with E-state index in [4.69, 9.17) is 9.84 Å². The normalized spacial score (nSPS) is 18.1. The Balaban J connectivity index is 1.69. The summed E-state index contributed by atoms with van der Waals surface area (Å²) in [6, 6.07) is 6.27. The highest BCUT2D eigenvalue weighted by molar-refractivity contribution is 5.93. The molecule has 4 heterocycles. The van der Waals surface area contributed by atoms with Crippen molar-refractivity contribution in [2.75, 3.05) is 13.1 Å². The molecule has 0 saturated carbocycles. The van der Waals surface area contributed by atoms with Gasteiger partial charge >= 0.3 is 0 Å². The number of ether oxygens (including phenoxy) is 1. The van der Waals surface area contributed by atoms with E-state index in [0.29, 0.717) is 0 Å². The molecule has 0 amide bonds. The maximum atomic E-state index is 6.43. The first-order chi connectivity index (χ1) is 15.4. The molecule has 166 valence electrons. The van der Waals surface area contributed by atoms with Crippen LogP contribution in [0.2, 0.25) is 0 Å². The van der Waals surface area contributed by atoms with Crippen molar-refractivity contribution < 1.29 is 4.74 Å². The molecule has 32 heavy (non-hydrogen) atoms. The molecule has 0 spiro atoms. The monoisotopic (exact) mass is 431 g/mol. The molecule has 0 unspecified atom stereocenters. The first-order valence-electron chi connectivity index (χ1n) is 11.0. The van der Waals surface area contributed by atoms with E-state index < -0.39 is 0 Å². The number of aromatic nitrogens is 6. The number of fused-ring (bicyclic) bond motifs is 4. The standard InChI is InChI=1S/C24H29N7O/c1-6-31-13-15(2)32-24-20(12-25-30(24)5)17-7-9-21-19(11-17)22(27-26-21)10-8-18-16(3)29(4)28-23(18)14-31/h7-12,15H,6,13-14H2,1-5H3,(H,26,27)/b10-8+/t15-/m0/s1. The van der Waals surface area contributed by atoms with Gasteiger partial charge in [-0.1, -0.05) is 13.0 Å². The predicted molar refractivity (Wildman–Crippen MR) is 126 cm³/mol. The molecule has 8 nitrogen and oxygen atoms in total. The zero-order valence-electron chi connectivity index (χ0n) is 19.3. The fourth-order valence-electron chi connectivity index (χ4n) is 4.39. The number of hydrogen-bond acceptors (Lipinski definition) is 5. The number of H-pyrrole nitrogens is 1. The van der Waals surface area contributed by atoms with Gasteiger partial charge in [0, 0.05) is 43.8 Å². The third-order valence-electron chi connectivity index (χ3n) is 6.30. The first kappa shape index (κ1) is 20.5. The molecule has 1 N–H and O–H groups in total. The molecule has 1 atom stereocenters. The van der Waals surface area contributed by atoms with Crippen LogP contribution in [0.3, 0.4) is 0 Å². The van der Waals surface area contributed by atoms with Crippen LogP contribution >= 0.6 is 0 Å². The summed E-state index contributed by atoms with van der Waals surface area (Å²) in [5.41, 5.74) is 7.30. The van der Waals surface area contributed by atoms with Gasteiger partial charge in [-0.25, -0.2) is 4.68 Å². The number of rotatable bonds is 1. The minimum atomic E-state index is -0.00810. The van der Waals surface area contributed by atoms with Crippen molar-refractivity contribution in [3.8, 4) is 17.0 Å². The Hall–Kier alpha value is -3.39. The van der Waals surface area contributed by atoms with Crippen molar-refractivity contribution in [2.45, 2.75) is 33.4 Å². The van der Waals surface area contributed by atoms with E-state index in [1.807, 2.05) is 31.0 Å². The van der Waals surface area contributed by atoms with Gasteiger partial charge in [-0.05, 0) is 50.2 Å². The second-order valence-electron chi connectivity index (χ2n) is 8.52. The Bertz CT molecular complexity index is 1310. The van der Waals surface area contributed by atoms with Crippen molar-refractivity contribution in [3.05, 3.63) is 47.0 Å². The van der Waals surface area contributed by atoms with Crippen molar-refractivity contribution in [1.29, 1.82) is 0 Å². The number of likely N-dealkylation sites (N-methyl/N-ethyl adjacent to an activating group) is 1. The lowest BCUT2D eigenvalue weighted by Gasteiger charge is -2.25. The van der Waals surface area contributed by atoms with Crippen molar-refractivity contribution >= 4 is 23.1 Å². The lowest BCUT2D eigenvalue weighted by atomic mass is 10.0. The van der Waals surface area contributed by atoms with Gasteiger partial charge in [0.2, 0.25) is 5.88 Å². The topological polar surface area (TPSA) is 76.8 Å². The van der Waals surface area contributed by atoms with Gasteiger partial charge in [0.15, 0.2) is 0 Å². The minimum Gasteiger partial charge on any atom is -0.473 e. The summed E-state index contributed by atoms with van der Waals surface area (Å²) in [5.74, 6) is 0.776. The molecular formula is C24H29N7O. The summed E-state index contributed by atoms with van der Waals surface area (Å²) >= 11 is 0. The van der Waals surface area contributed by atoms with Crippen LogP contribution in [-0.2, 0) is 20.6 Å². The Labute approximate surface area is 187 Å². The lowest BCUT2D eigenvalue weighted by Crippen LogP contribution is -2.34. The second kappa shape index (κ2) is 7.94. The largest absolute Gasteiger partial charge is 0.473 e. The zero-order chi connectivity index (χ0) is 22.4. The summed E-state index contributed by atoms with van der Waals surface area (Å²) in [6.07, 6.45) is 6.12. The van der Waals surface area contributed by atoms with Gasteiger partial charge in [0.1, 0.15) is 6.10 Å². The molecule has 4 aromatic rings. The smallest absolute Gasteiger partial charge is 0.219 e. The molecule has 2 bridgehead atoms. The number of benzene rings is 1. The summed E-state index contributed by atoms with van der Waals surface area (Å²) in [6.45, 7) is 8.86. The maximum absolute atomic E-state index is 6.43. The number of aryl methyl sites for hydroxylation is 2. The molecule has 3 aromatic heterocycles. The molecule has 5 rings (SSSR count). The maximum Gasteiger partial charge on any atom is 0.219 e. The highest BCUT2D eigenvalue weighted by Gasteiger charge is 2.20. The summed E-state index contributed by atoms with van der Waals surface area (Å²) in [4.78, 5) is 2.37. The molecule has 1 aliphatic rings. The molecule has 0 radical (unpaired) electrons. The molecule has 0 fully saturated rings. The Kier molecular flexibility index (Phi) is 5.09. The summed E-state index contributed by atoms with van der Waals surface area (Å²) < 4.78 is 10.2. The SMILES string of the molecule is CCN1Cc2nn(C)c(C)c2/C=C/c2[nH]nc3ccc(cc23)-c2cnn(C)c2O[C@@H](C)C1. The molecule has 1 aromatic carbocycles. The van der Waals surface area contributed by atoms with E-state index in [9.17, 15) is 0 Å². The highest BCUT2D eigenvalue weighted by Crippen LogP contribution is 2.33. The number of nitrogens with zero attached hydrogens (tertiary/aromatic N) is 6. The van der Waals surface area contributed by atoms with Gasteiger partial charge in [-0.2, -0.15) is 15.3 Å². The Morgan fingerprint density at radius 2 is 2.03 bits per heavy atom. The third-order valence-corrected chi connectivity index (χ3v) is 6.30. The van der Waals surface area contributed by atoms with Crippen molar-refractivity contribution in [1.82, 2.24) is 34.7 Å². The molecular weight excluding hydrogens is 402 g/mol. The number of aromatic amines is 1. The minimum absolute atomic E-state index is 0.00810. The van der Waals surface area contributed by atoms with Gasteiger partial charge in [0.05, 0.1) is 28.7 Å². The van der Waals surface area contributed by atoms with Gasteiger partial charge < -0.3 is 4.74 Å². The molecule has 1 aliphatic heterocycles. The van der Waals surface area contributed by atoms with E-state index in [1.54, 1.807) is 4.68 Å². The van der Waals surface area contributed by atoms with E-state index >= 15 is 0 Å². The van der Waals surface area contributed by atoms with Crippen LogP contribution in [0, 0.1) is 6.92 Å². The molecule has 0 saturated heterocycles. The Morgan fingerprint density at radius 3 is 2.84 bits per heavy atom. The van der Waals surface area contributed by atoms with Gasteiger partial charge in [-0.3, -0.25) is 14.7 Å².